The van der Waals surface area contributed by atoms with Gasteiger partial charge in [0.05, 0.1) is 5.56 Å². The van der Waals surface area contributed by atoms with Crippen molar-refractivity contribution in [2.45, 2.75) is 0 Å². The lowest BCUT2D eigenvalue weighted by Gasteiger charge is -2.04. The van der Waals surface area contributed by atoms with Gasteiger partial charge in [-0.1, -0.05) is 28.1 Å². The normalized spacial score (nSPS) is 10.0. The van der Waals surface area contributed by atoms with Crippen LogP contribution in [-0.4, -0.2) is 5.97 Å². The third-order valence-corrected chi connectivity index (χ3v) is 3.23. The first-order valence-electron chi connectivity index (χ1n) is 4.88. The van der Waals surface area contributed by atoms with E-state index in [1.165, 1.54) is 0 Å². The molecule has 4 heteroatoms. The van der Waals surface area contributed by atoms with Crippen LogP contribution in [0.3, 0.4) is 0 Å². The first kappa shape index (κ1) is 12.6. The van der Waals surface area contributed by atoms with Crippen molar-refractivity contribution in [1.82, 2.24) is 0 Å². The Balaban J connectivity index is 2.17. The average molecular weight is 403 g/mol. The molecule has 0 unspecified atom stereocenters. The molecule has 0 saturated heterocycles. The number of carbonyl (C=O) groups is 1. The smallest absolute Gasteiger partial charge is 0.343 e. The summed E-state index contributed by atoms with van der Waals surface area (Å²) in [6, 6.07) is 14.5. The monoisotopic (exact) mass is 402 g/mol. The van der Waals surface area contributed by atoms with E-state index in [0.717, 1.165) is 8.04 Å². The Hall–Kier alpha value is -0.880. The highest BCUT2D eigenvalue weighted by Gasteiger charge is 2.08. The Morgan fingerprint density at radius 2 is 1.88 bits per heavy atom. The van der Waals surface area contributed by atoms with E-state index in [1.54, 1.807) is 24.3 Å². The quantitative estimate of drug-likeness (QED) is 0.426. The van der Waals surface area contributed by atoms with E-state index >= 15 is 0 Å². The topological polar surface area (TPSA) is 26.3 Å². The van der Waals surface area contributed by atoms with Gasteiger partial charge in [0.1, 0.15) is 5.75 Å². The fraction of sp³-hybridized carbons (Fsp3) is 0. The van der Waals surface area contributed by atoms with Crippen LogP contribution in [0.5, 0.6) is 5.75 Å². The molecule has 0 N–H and O–H groups in total. The number of benzene rings is 2. The molecule has 2 aromatic carbocycles. The molecule has 0 radical (unpaired) electrons. The summed E-state index contributed by atoms with van der Waals surface area (Å²) in [6.45, 7) is 0. The molecule has 0 aliphatic rings. The molecule has 0 aromatic heterocycles. The third kappa shape index (κ3) is 3.54. The Bertz CT molecular complexity index is 555. The zero-order valence-corrected chi connectivity index (χ0v) is 12.4. The van der Waals surface area contributed by atoms with Crippen LogP contribution in [-0.2, 0) is 0 Å². The van der Waals surface area contributed by atoms with Crippen LogP contribution < -0.4 is 4.74 Å². The van der Waals surface area contributed by atoms with Crippen LogP contribution in [0.25, 0.3) is 0 Å². The van der Waals surface area contributed by atoms with Crippen LogP contribution in [0, 0.1) is 3.57 Å². The zero-order valence-electron chi connectivity index (χ0n) is 8.69. The summed E-state index contributed by atoms with van der Waals surface area (Å²) in [4.78, 5) is 11.8. The van der Waals surface area contributed by atoms with Gasteiger partial charge in [-0.2, -0.15) is 0 Å². The molecule has 0 amide bonds. The van der Waals surface area contributed by atoms with Crippen molar-refractivity contribution in [2.75, 3.05) is 0 Å². The fourth-order valence-corrected chi connectivity index (χ4v) is 2.23. The van der Waals surface area contributed by atoms with E-state index in [-0.39, 0.29) is 5.97 Å². The second-order valence-corrected chi connectivity index (χ2v) is 5.52. The molecular weight excluding hydrogens is 395 g/mol. The molecule has 17 heavy (non-hydrogen) atoms. The van der Waals surface area contributed by atoms with Gasteiger partial charge in [0.15, 0.2) is 0 Å². The van der Waals surface area contributed by atoms with Crippen LogP contribution >= 0.6 is 38.5 Å². The molecule has 0 fully saturated rings. The van der Waals surface area contributed by atoms with E-state index in [2.05, 4.69) is 38.5 Å². The minimum atomic E-state index is -0.353. The number of carbonyl (C=O) groups excluding carboxylic acids is 1. The Morgan fingerprint density at radius 3 is 2.59 bits per heavy atom. The standard InChI is InChI=1S/C13H8BrIO2/c14-10-4-1-3-9(7-10)13(16)17-12-6-2-5-11(15)8-12/h1-8H. The van der Waals surface area contributed by atoms with Gasteiger partial charge in [-0.25, -0.2) is 4.79 Å². The Labute approximate surface area is 121 Å². The van der Waals surface area contributed by atoms with Gasteiger partial charge in [-0.15, -0.1) is 0 Å². The summed E-state index contributed by atoms with van der Waals surface area (Å²) in [5.41, 5.74) is 0.526. The number of rotatable bonds is 2. The van der Waals surface area contributed by atoms with Crippen molar-refractivity contribution in [3.63, 3.8) is 0 Å². The molecule has 0 aliphatic heterocycles. The van der Waals surface area contributed by atoms with Gasteiger partial charge < -0.3 is 4.74 Å². The summed E-state index contributed by atoms with van der Waals surface area (Å²) >= 11 is 5.49. The predicted octanol–water partition coefficient (Wildman–Crippen LogP) is 4.27. The summed E-state index contributed by atoms with van der Waals surface area (Å²) < 4.78 is 7.16. The molecule has 0 spiro atoms. The first-order chi connectivity index (χ1) is 8.15. The van der Waals surface area contributed by atoms with Gasteiger partial charge in [0, 0.05) is 8.04 Å². The molecule has 2 rings (SSSR count). The highest BCUT2D eigenvalue weighted by atomic mass is 127. The van der Waals surface area contributed by atoms with Crippen LogP contribution in [0.4, 0.5) is 0 Å². The summed E-state index contributed by atoms with van der Waals surface area (Å²) in [5, 5.41) is 0. The SMILES string of the molecule is O=C(Oc1cccc(I)c1)c1cccc(Br)c1. The van der Waals surface area contributed by atoms with Crippen molar-refractivity contribution in [2.24, 2.45) is 0 Å². The molecule has 0 aliphatic carbocycles. The predicted molar refractivity (Wildman–Crippen MR) is 78.3 cm³/mol. The van der Waals surface area contributed by atoms with Crippen LogP contribution in [0.2, 0.25) is 0 Å². The molecule has 0 bridgehead atoms. The molecule has 2 aromatic rings. The second-order valence-electron chi connectivity index (χ2n) is 3.36. The molecule has 0 saturated carbocycles. The maximum Gasteiger partial charge on any atom is 0.343 e. The lowest BCUT2D eigenvalue weighted by Crippen LogP contribution is -2.08. The summed E-state index contributed by atoms with van der Waals surface area (Å²) in [7, 11) is 0. The van der Waals surface area contributed by atoms with Crippen molar-refractivity contribution < 1.29 is 9.53 Å². The van der Waals surface area contributed by atoms with E-state index < -0.39 is 0 Å². The summed E-state index contributed by atoms with van der Waals surface area (Å²) in [5.74, 6) is 0.204. The molecule has 0 atom stereocenters. The Morgan fingerprint density at radius 1 is 1.12 bits per heavy atom. The number of hydrogen-bond donors (Lipinski definition) is 0. The van der Waals surface area contributed by atoms with Crippen molar-refractivity contribution >= 4 is 44.5 Å². The van der Waals surface area contributed by atoms with Gasteiger partial charge in [0.2, 0.25) is 0 Å². The average Bonchev–Trinajstić information content (AvgIpc) is 2.29. The van der Waals surface area contributed by atoms with Gasteiger partial charge in [0.25, 0.3) is 0 Å². The molecule has 2 nitrogen and oxygen atoms in total. The minimum Gasteiger partial charge on any atom is -0.423 e. The maximum absolute atomic E-state index is 11.8. The van der Waals surface area contributed by atoms with Gasteiger partial charge in [-0.05, 0) is 59.0 Å². The first-order valence-corrected chi connectivity index (χ1v) is 6.75. The summed E-state index contributed by atoms with van der Waals surface area (Å²) in [6.07, 6.45) is 0. The number of halogens is 2. The van der Waals surface area contributed by atoms with Gasteiger partial charge >= 0.3 is 5.97 Å². The number of ether oxygens (including phenoxy) is 1. The van der Waals surface area contributed by atoms with E-state index in [9.17, 15) is 4.79 Å². The Kier molecular flexibility index (Phi) is 4.17. The molecule has 0 heterocycles. The van der Waals surface area contributed by atoms with Crippen molar-refractivity contribution in [3.05, 3.63) is 62.1 Å². The maximum atomic E-state index is 11.8. The molecule has 86 valence electrons. The van der Waals surface area contributed by atoms with Gasteiger partial charge in [-0.3, -0.25) is 0 Å². The lowest BCUT2D eigenvalue weighted by atomic mass is 10.2. The van der Waals surface area contributed by atoms with Crippen LogP contribution in [0.1, 0.15) is 10.4 Å². The lowest BCUT2D eigenvalue weighted by molar-refractivity contribution is 0.0734. The van der Waals surface area contributed by atoms with Crippen LogP contribution in [0.15, 0.2) is 53.0 Å². The molecular formula is C13H8BrIO2. The highest BCUT2D eigenvalue weighted by molar-refractivity contribution is 14.1. The van der Waals surface area contributed by atoms with E-state index in [1.807, 2.05) is 24.3 Å². The zero-order chi connectivity index (χ0) is 12.3. The van der Waals surface area contributed by atoms with Crippen molar-refractivity contribution in [1.29, 1.82) is 0 Å². The van der Waals surface area contributed by atoms with Crippen molar-refractivity contribution in [3.8, 4) is 5.75 Å². The van der Waals surface area contributed by atoms with E-state index in [4.69, 9.17) is 4.74 Å². The number of esters is 1. The number of hydrogen-bond acceptors (Lipinski definition) is 2. The minimum absolute atomic E-state index is 0.353. The highest BCUT2D eigenvalue weighted by Crippen LogP contribution is 2.18. The van der Waals surface area contributed by atoms with E-state index in [0.29, 0.717) is 11.3 Å². The third-order valence-electron chi connectivity index (χ3n) is 2.07. The second kappa shape index (κ2) is 5.64. The fourth-order valence-electron chi connectivity index (χ4n) is 1.31. The largest absolute Gasteiger partial charge is 0.423 e.